The van der Waals surface area contributed by atoms with Gasteiger partial charge in [-0.1, -0.05) is 0 Å². The molecule has 1 N–H and O–H groups in total. The molecule has 1 aromatic heterocycles. The van der Waals surface area contributed by atoms with E-state index in [9.17, 15) is 0 Å². The van der Waals surface area contributed by atoms with Crippen LogP contribution in [-0.2, 0) is 18.3 Å². The first kappa shape index (κ1) is 14.3. The molecule has 1 saturated heterocycles. The van der Waals surface area contributed by atoms with Crippen LogP contribution in [-0.4, -0.2) is 47.0 Å². The van der Waals surface area contributed by atoms with Gasteiger partial charge in [0.25, 0.3) is 0 Å². The van der Waals surface area contributed by atoms with Gasteiger partial charge in [-0.15, -0.1) is 0 Å². The van der Waals surface area contributed by atoms with Gasteiger partial charge in [-0.25, -0.2) is 0 Å². The number of hydrogen-bond donors (Lipinski definition) is 1. The maximum absolute atomic E-state index is 5.71. The van der Waals surface area contributed by atoms with Crippen LogP contribution < -0.4 is 5.32 Å². The van der Waals surface area contributed by atoms with E-state index in [1.165, 1.54) is 5.56 Å². The van der Waals surface area contributed by atoms with Crippen molar-refractivity contribution < 1.29 is 4.74 Å². The van der Waals surface area contributed by atoms with Crippen LogP contribution in [0.5, 0.6) is 0 Å². The lowest BCUT2D eigenvalue weighted by molar-refractivity contribution is 0.0668. The van der Waals surface area contributed by atoms with Gasteiger partial charge in [0.05, 0.1) is 11.8 Å². The second kappa shape index (κ2) is 6.39. The summed E-state index contributed by atoms with van der Waals surface area (Å²) in [6.45, 7) is 11.2. The van der Waals surface area contributed by atoms with E-state index >= 15 is 0 Å². The number of ether oxygens (including phenoxy) is 1. The van der Waals surface area contributed by atoms with Gasteiger partial charge in [0.2, 0.25) is 0 Å². The van der Waals surface area contributed by atoms with Crippen LogP contribution in [0.2, 0.25) is 0 Å². The topological polar surface area (TPSA) is 42.3 Å². The average molecular weight is 266 g/mol. The molecule has 5 nitrogen and oxygen atoms in total. The molecule has 19 heavy (non-hydrogen) atoms. The summed E-state index contributed by atoms with van der Waals surface area (Å²) >= 11 is 0. The van der Waals surface area contributed by atoms with Crippen molar-refractivity contribution in [1.29, 1.82) is 0 Å². The molecule has 2 rings (SSSR count). The molecule has 0 amide bonds. The number of nitrogens with one attached hydrogen (secondary N) is 1. The van der Waals surface area contributed by atoms with E-state index in [2.05, 4.69) is 36.1 Å². The number of hydrogen-bond acceptors (Lipinski definition) is 4. The lowest BCUT2D eigenvalue weighted by atomic mass is 10.2. The van der Waals surface area contributed by atoms with E-state index in [1.807, 2.05) is 11.7 Å². The summed E-state index contributed by atoms with van der Waals surface area (Å²) in [6.07, 6.45) is 1.43. The quantitative estimate of drug-likeness (QED) is 0.902. The van der Waals surface area contributed by atoms with Crippen LogP contribution in [0, 0.1) is 6.92 Å². The van der Waals surface area contributed by atoms with Crippen molar-refractivity contribution >= 4 is 5.82 Å². The summed E-state index contributed by atoms with van der Waals surface area (Å²) < 4.78 is 7.66. The number of nitrogens with zero attached hydrogens (tertiary/aromatic N) is 3. The van der Waals surface area contributed by atoms with E-state index in [0.717, 1.165) is 50.7 Å². The highest BCUT2D eigenvalue weighted by molar-refractivity contribution is 5.47. The highest BCUT2D eigenvalue weighted by atomic mass is 16.5. The third-order valence-corrected chi connectivity index (χ3v) is 3.61. The molecular formula is C14H26N4O. The summed E-state index contributed by atoms with van der Waals surface area (Å²) in [6, 6.07) is 0. The molecule has 0 bridgehead atoms. The lowest BCUT2D eigenvalue weighted by Crippen LogP contribution is -2.30. The highest BCUT2D eigenvalue weighted by Gasteiger charge is 2.19. The smallest absolute Gasteiger partial charge is 0.128 e. The fourth-order valence-corrected chi connectivity index (χ4v) is 2.73. The SMILES string of the molecule is CCNc1c(CN2CCCOC(C)C2)c(C)nn1C. The summed E-state index contributed by atoms with van der Waals surface area (Å²) in [5, 5.41) is 7.96. The highest BCUT2D eigenvalue weighted by Crippen LogP contribution is 2.21. The molecule has 1 fully saturated rings. The molecule has 0 spiro atoms. The van der Waals surface area contributed by atoms with Gasteiger partial charge in [0.15, 0.2) is 0 Å². The van der Waals surface area contributed by atoms with Crippen molar-refractivity contribution in [2.24, 2.45) is 7.05 Å². The molecule has 0 aromatic carbocycles. The molecule has 0 saturated carbocycles. The van der Waals surface area contributed by atoms with E-state index < -0.39 is 0 Å². The summed E-state index contributed by atoms with van der Waals surface area (Å²) in [7, 11) is 2.00. The van der Waals surface area contributed by atoms with E-state index in [4.69, 9.17) is 4.74 Å². The molecule has 1 atom stereocenters. The van der Waals surface area contributed by atoms with Crippen LogP contribution >= 0.6 is 0 Å². The van der Waals surface area contributed by atoms with Crippen LogP contribution in [0.1, 0.15) is 31.5 Å². The van der Waals surface area contributed by atoms with Gasteiger partial charge in [0, 0.05) is 45.4 Å². The van der Waals surface area contributed by atoms with E-state index in [-0.39, 0.29) is 0 Å². The third-order valence-electron chi connectivity index (χ3n) is 3.61. The Kier molecular flexibility index (Phi) is 4.82. The van der Waals surface area contributed by atoms with Gasteiger partial charge >= 0.3 is 0 Å². The number of rotatable bonds is 4. The Morgan fingerprint density at radius 1 is 1.47 bits per heavy atom. The fraction of sp³-hybridized carbons (Fsp3) is 0.786. The summed E-state index contributed by atoms with van der Waals surface area (Å²) in [5.41, 5.74) is 2.44. The Morgan fingerprint density at radius 3 is 3.00 bits per heavy atom. The van der Waals surface area contributed by atoms with Crippen molar-refractivity contribution in [3.8, 4) is 0 Å². The second-order valence-corrected chi connectivity index (χ2v) is 5.34. The minimum Gasteiger partial charge on any atom is -0.377 e. The predicted octanol–water partition coefficient (Wildman–Crippen LogP) is 1.77. The van der Waals surface area contributed by atoms with Crippen molar-refractivity contribution in [2.45, 2.75) is 39.8 Å². The average Bonchev–Trinajstić information content (AvgIpc) is 2.54. The Labute approximate surface area is 115 Å². The van der Waals surface area contributed by atoms with Gasteiger partial charge in [-0.3, -0.25) is 9.58 Å². The molecule has 1 aliphatic heterocycles. The van der Waals surface area contributed by atoms with Gasteiger partial charge in [0.1, 0.15) is 5.82 Å². The Hall–Kier alpha value is -1.07. The van der Waals surface area contributed by atoms with Crippen LogP contribution in [0.25, 0.3) is 0 Å². The maximum atomic E-state index is 5.71. The molecule has 108 valence electrons. The summed E-state index contributed by atoms with van der Waals surface area (Å²) in [5.74, 6) is 1.15. The molecule has 2 heterocycles. The Morgan fingerprint density at radius 2 is 2.26 bits per heavy atom. The first-order valence-corrected chi connectivity index (χ1v) is 7.22. The predicted molar refractivity (Wildman–Crippen MR) is 77.4 cm³/mol. The third kappa shape index (κ3) is 3.48. The zero-order valence-corrected chi connectivity index (χ0v) is 12.6. The van der Waals surface area contributed by atoms with Crippen molar-refractivity contribution in [2.75, 3.05) is 31.6 Å². The number of aromatic nitrogens is 2. The molecule has 0 aliphatic carbocycles. The first-order chi connectivity index (χ1) is 9.11. The molecule has 1 aliphatic rings. The minimum atomic E-state index is 0.321. The van der Waals surface area contributed by atoms with E-state index in [1.54, 1.807) is 0 Å². The van der Waals surface area contributed by atoms with Crippen LogP contribution in [0.4, 0.5) is 5.82 Å². The molecule has 0 radical (unpaired) electrons. The number of anilines is 1. The van der Waals surface area contributed by atoms with Gasteiger partial charge in [-0.2, -0.15) is 5.10 Å². The Bertz CT molecular complexity index is 416. The monoisotopic (exact) mass is 266 g/mol. The molecular weight excluding hydrogens is 240 g/mol. The number of aryl methyl sites for hydroxylation is 2. The van der Waals surface area contributed by atoms with Crippen molar-refractivity contribution in [3.05, 3.63) is 11.3 Å². The molecule has 5 heteroatoms. The zero-order chi connectivity index (χ0) is 13.8. The standard InChI is InChI=1S/C14H26N4O/c1-5-15-14-13(12(3)16-17(14)4)10-18-7-6-8-19-11(2)9-18/h11,15H,5-10H2,1-4H3. The van der Waals surface area contributed by atoms with Gasteiger partial charge in [-0.05, 0) is 27.2 Å². The normalized spacial score (nSPS) is 21.4. The molecule has 1 aromatic rings. The molecule has 1 unspecified atom stereocenters. The van der Waals surface area contributed by atoms with Crippen LogP contribution in [0.3, 0.4) is 0 Å². The maximum Gasteiger partial charge on any atom is 0.128 e. The first-order valence-electron chi connectivity index (χ1n) is 7.22. The van der Waals surface area contributed by atoms with Crippen molar-refractivity contribution in [1.82, 2.24) is 14.7 Å². The van der Waals surface area contributed by atoms with Crippen LogP contribution in [0.15, 0.2) is 0 Å². The van der Waals surface area contributed by atoms with E-state index in [0.29, 0.717) is 6.10 Å². The van der Waals surface area contributed by atoms with Crippen molar-refractivity contribution in [3.63, 3.8) is 0 Å². The largest absolute Gasteiger partial charge is 0.377 e. The fourth-order valence-electron chi connectivity index (χ4n) is 2.73. The lowest BCUT2D eigenvalue weighted by Gasteiger charge is -2.22. The summed E-state index contributed by atoms with van der Waals surface area (Å²) in [4.78, 5) is 2.47. The second-order valence-electron chi connectivity index (χ2n) is 5.34. The Balaban J connectivity index is 2.12. The zero-order valence-electron chi connectivity index (χ0n) is 12.6. The van der Waals surface area contributed by atoms with Gasteiger partial charge < -0.3 is 10.1 Å². The minimum absolute atomic E-state index is 0.321.